The Morgan fingerprint density at radius 3 is 2.15 bits per heavy atom. The van der Waals surface area contributed by atoms with E-state index in [2.05, 4.69) is 62.8 Å². The normalized spacial score (nSPS) is 21.0. The zero-order valence-corrected chi connectivity index (χ0v) is 46.2. The summed E-state index contributed by atoms with van der Waals surface area (Å²) in [6.45, 7) is 3.31. The van der Waals surface area contributed by atoms with Crippen molar-refractivity contribution in [3.05, 3.63) is 102 Å². The number of rotatable bonds is 17. The highest BCUT2D eigenvalue weighted by atomic mass is 33.1. The van der Waals surface area contributed by atoms with Crippen LogP contribution in [0.1, 0.15) is 75.6 Å². The number of hydrogen-bond donors (Lipinski definition) is 14. The van der Waals surface area contributed by atoms with Gasteiger partial charge in [-0.1, -0.05) is 102 Å². The van der Waals surface area contributed by atoms with Crippen LogP contribution in [0.25, 0.3) is 21.7 Å². The third-order valence-electron chi connectivity index (χ3n) is 13.1. The van der Waals surface area contributed by atoms with Gasteiger partial charge >= 0.3 is 0 Å². The van der Waals surface area contributed by atoms with E-state index in [9.17, 15) is 43.2 Å². The first-order chi connectivity index (χ1) is 38.5. The van der Waals surface area contributed by atoms with E-state index in [-0.39, 0.29) is 81.9 Å². The molecule has 0 saturated carbocycles. The van der Waals surface area contributed by atoms with Gasteiger partial charge in [0.2, 0.25) is 53.2 Å². The third-order valence-corrected chi connectivity index (χ3v) is 15.5. The average molecular weight is 1140 g/mol. The molecule has 2 aromatic heterocycles. The van der Waals surface area contributed by atoms with Crippen LogP contribution in [0.2, 0.25) is 0 Å². The van der Waals surface area contributed by atoms with Crippen LogP contribution in [0, 0.1) is 5.41 Å². The molecule has 16 N–H and O–H groups in total. The second-order valence-electron chi connectivity index (χ2n) is 19.4. The zero-order valence-electron chi connectivity index (χ0n) is 44.6. The number of imidazole rings is 1. The highest BCUT2D eigenvalue weighted by Crippen LogP contribution is 2.24. The first-order valence-corrected chi connectivity index (χ1v) is 28.9. The maximum atomic E-state index is 15.0. The average Bonchev–Trinajstić information content (AvgIpc) is 4.11. The predicted octanol–water partition coefficient (Wildman–Crippen LogP) is 0.716. The van der Waals surface area contributed by atoms with Crippen molar-refractivity contribution in [2.75, 3.05) is 24.6 Å². The van der Waals surface area contributed by atoms with Crippen LogP contribution in [0.5, 0.6) is 0 Å². The van der Waals surface area contributed by atoms with Gasteiger partial charge < -0.3 is 69.3 Å². The number of aromatic amines is 2. The Morgan fingerprint density at radius 2 is 1.44 bits per heavy atom. The number of guanidine groups is 1. The van der Waals surface area contributed by atoms with Crippen molar-refractivity contribution in [2.45, 2.75) is 120 Å². The summed E-state index contributed by atoms with van der Waals surface area (Å²) in [4.78, 5) is 136. The summed E-state index contributed by atoms with van der Waals surface area (Å²) < 4.78 is 0. The second kappa shape index (κ2) is 30.9. The summed E-state index contributed by atoms with van der Waals surface area (Å²) >= 11 is 0. The van der Waals surface area contributed by atoms with E-state index < -0.39 is 95.5 Å². The van der Waals surface area contributed by atoms with E-state index in [1.54, 1.807) is 12.3 Å². The molecule has 7 atom stereocenters. The fraction of sp³-hybridized carbons (Fsp3) is 0.426. The summed E-state index contributed by atoms with van der Waals surface area (Å²) in [5.74, 6) is -6.79. The number of amides is 9. The van der Waals surface area contributed by atoms with Gasteiger partial charge in [0.25, 0.3) is 0 Å². The largest absolute Gasteiger partial charge is 0.370 e. The number of benzene rings is 3. The van der Waals surface area contributed by atoms with Gasteiger partial charge in [-0.25, -0.2) is 4.98 Å². The Balaban J connectivity index is 1.38. The van der Waals surface area contributed by atoms with Gasteiger partial charge in [-0.2, -0.15) is 0 Å². The number of primary amides is 1. The van der Waals surface area contributed by atoms with Gasteiger partial charge in [-0.3, -0.25) is 48.6 Å². The van der Waals surface area contributed by atoms with Crippen LogP contribution < -0.4 is 59.3 Å². The molecule has 3 heterocycles. The lowest BCUT2D eigenvalue weighted by atomic mass is 9.99. The van der Waals surface area contributed by atoms with Crippen LogP contribution in [-0.2, 0) is 62.4 Å². The summed E-state index contributed by atoms with van der Waals surface area (Å²) in [6.07, 6.45) is 6.06. The highest BCUT2D eigenvalue weighted by Gasteiger charge is 2.35. The SMILES string of the molecule is CCCC[C@H](NC(C)=O)C(=O)N[C@H]1CSSC[C@@H](C(N)=O)NC(=O)CCCNC(=O)[C@H](Cc2c[nH]c3ccccc23)NC(=O)[C@H](CCCNC(=N)N)NC(=O)[C@@H](Cc2ccc3ccccc3c2)NC(=O)[C@H](Cc2c[nH]cn2)NC1=O. The van der Waals surface area contributed by atoms with Gasteiger partial charge in [0.1, 0.15) is 42.3 Å². The quantitative estimate of drug-likeness (QED) is 0.0264. The fourth-order valence-corrected chi connectivity index (χ4v) is 11.2. The zero-order chi connectivity index (χ0) is 57.6. The molecule has 9 amide bonds. The molecule has 1 aliphatic rings. The molecule has 24 nitrogen and oxygen atoms in total. The van der Waals surface area contributed by atoms with E-state index >= 15 is 0 Å². The Bertz CT molecular complexity index is 2980. The smallest absolute Gasteiger partial charge is 0.244 e. The molecule has 0 aliphatic carbocycles. The van der Waals surface area contributed by atoms with E-state index in [0.717, 1.165) is 43.3 Å². The standard InChI is InChI=1S/C54H71N15O9S2/c1-3-4-14-39(63-31(2)70)49(74)69-45-29-80-79-28-44(47(55)72)64-46(71)17-10-20-59-48(73)42(24-35-26-61-38-15-8-7-13-37(35)38)67-50(75)40(16-9-21-60-54(56)57)65-51(76)41(23-32-18-19-33-11-5-6-12-34(33)22-32)66-52(77)43(68-53(45)78)25-36-27-58-30-62-36/h5-8,11-13,15,18-19,22,26-27,30,39-45,61H,3-4,9-10,14,16-17,20-21,23-25,28-29H2,1-2H3,(H2,55,72)(H,58,62)(H,59,73)(H,63,70)(H,64,71)(H,65,76)(H,66,77)(H,67,75)(H,68,78)(H,69,74)(H4,56,57,60)/t39-,40-,41+,42-,43-,44-,45-/m0/s1. The first kappa shape index (κ1) is 61.1. The molecule has 0 spiro atoms. The highest BCUT2D eigenvalue weighted by molar-refractivity contribution is 8.76. The number of aromatic nitrogens is 3. The summed E-state index contributed by atoms with van der Waals surface area (Å²) in [5.41, 5.74) is 13.8. The second-order valence-corrected chi connectivity index (χ2v) is 21.9. The molecule has 6 rings (SSSR count). The maximum absolute atomic E-state index is 15.0. The third kappa shape index (κ3) is 19.1. The van der Waals surface area contributed by atoms with Gasteiger partial charge in [0.15, 0.2) is 5.96 Å². The number of unbranched alkanes of at least 4 members (excludes halogenated alkanes) is 1. The van der Waals surface area contributed by atoms with Crippen molar-refractivity contribution in [2.24, 2.45) is 11.5 Å². The molecule has 80 heavy (non-hydrogen) atoms. The number of para-hydroxylation sites is 1. The number of carbonyl (C=O) groups is 9. The van der Waals surface area contributed by atoms with Gasteiger partial charge in [0.05, 0.1) is 12.0 Å². The lowest BCUT2D eigenvalue weighted by Gasteiger charge is -2.28. The minimum atomic E-state index is -1.44. The molecule has 428 valence electrons. The maximum Gasteiger partial charge on any atom is 0.244 e. The molecule has 26 heteroatoms. The van der Waals surface area contributed by atoms with Crippen molar-refractivity contribution in [1.29, 1.82) is 5.41 Å². The molecule has 1 saturated heterocycles. The minimum Gasteiger partial charge on any atom is -0.370 e. The van der Waals surface area contributed by atoms with E-state index in [1.165, 1.54) is 19.4 Å². The van der Waals surface area contributed by atoms with Crippen LogP contribution in [0.3, 0.4) is 0 Å². The topological polar surface area (TPSA) is 382 Å². The molecular weight excluding hydrogens is 1070 g/mol. The lowest BCUT2D eigenvalue weighted by molar-refractivity contribution is -0.135. The van der Waals surface area contributed by atoms with E-state index in [0.29, 0.717) is 29.7 Å². The summed E-state index contributed by atoms with van der Waals surface area (Å²) in [6, 6.07) is 11.6. The molecule has 0 bridgehead atoms. The molecule has 5 aromatic rings. The Hall–Kier alpha value is -8.13. The summed E-state index contributed by atoms with van der Waals surface area (Å²) in [5, 5.41) is 35.1. The molecular formula is C54H71N15O9S2. The van der Waals surface area contributed by atoms with Gasteiger partial charge in [-0.05, 0) is 53.6 Å². The Kier molecular flexibility index (Phi) is 23.6. The Labute approximate surface area is 470 Å². The first-order valence-electron chi connectivity index (χ1n) is 26.5. The van der Waals surface area contributed by atoms with Crippen molar-refractivity contribution < 1.29 is 43.2 Å². The number of nitrogens with two attached hydrogens (primary N) is 2. The monoisotopic (exact) mass is 1140 g/mol. The summed E-state index contributed by atoms with van der Waals surface area (Å²) in [7, 11) is 2.16. The number of nitrogens with one attached hydrogen (secondary N) is 12. The van der Waals surface area contributed by atoms with Crippen molar-refractivity contribution in [3.63, 3.8) is 0 Å². The van der Waals surface area contributed by atoms with E-state index in [1.807, 2.05) is 67.6 Å². The molecule has 1 aliphatic heterocycles. The number of H-pyrrole nitrogens is 2. The van der Waals surface area contributed by atoms with Crippen LogP contribution in [0.15, 0.2) is 85.5 Å². The molecule has 1 fully saturated rings. The van der Waals surface area contributed by atoms with Crippen molar-refractivity contribution in [3.8, 4) is 0 Å². The van der Waals surface area contributed by atoms with Gasteiger partial charge in [-0.15, -0.1) is 0 Å². The van der Waals surface area contributed by atoms with Crippen molar-refractivity contribution in [1.82, 2.24) is 62.8 Å². The predicted molar refractivity (Wildman–Crippen MR) is 306 cm³/mol. The van der Waals surface area contributed by atoms with Crippen molar-refractivity contribution >= 4 is 102 Å². The molecule has 3 aromatic carbocycles. The minimum absolute atomic E-state index is 0.00758. The number of nitrogens with zero attached hydrogens (tertiary/aromatic N) is 1. The number of carbonyl (C=O) groups excluding carboxylic acids is 9. The van der Waals surface area contributed by atoms with Gasteiger partial charge in [0, 0.05) is 80.5 Å². The molecule has 0 radical (unpaired) electrons. The number of fused-ring (bicyclic) bond motifs is 2. The number of hydrogen-bond acceptors (Lipinski definition) is 13. The Morgan fingerprint density at radius 1 is 0.762 bits per heavy atom. The van der Waals surface area contributed by atoms with E-state index in [4.69, 9.17) is 16.9 Å². The van der Waals surface area contributed by atoms with Crippen LogP contribution >= 0.6 is 21.6 Å². The van der Waals surface area contributed by atoms with Crippen LogP contribution in [-0.4, -0.2) is 141 Å². The fourth-order valence-electron chi connectivity index (χ4n) is 8.90. The molecule has 0 unspecified atom stereocenters. The lowest BCUT2D eigenvalue weighted by Crippen LogP contribution is -2.60. The van der Waals surface area contributed by atoms with Crippen LogP contribution in [0.4, 0.5) is 0 Å².